The fourth-order valence-electron chi connectivity index (χ4n) is 2.00. The third-order valence-electron chi connectivity index (χ3n) is 2.87. The van der Waals surface area contributed by atoms with Crippen molar-refractivity contribution in [1.29, 1.82) is 0 Å². The van der Waals surface area contributed by atoms with E-state index in [1.165, 1.54) is 12.4 Å². The second kappa shape index (κ2) is 5.79. The Bertz CT molecular complexity index is 399. The number of rotatable bonds is 4. The van der Waals surface area contributed by atoms with Crippen LogP contribution in [0.25, 0.3) is 0 Å². The Morgan fingerprint density at radius 3 is 2.94 bits per heavy atom. The molecule has 0 radical (unpaired) electrons. The number of H-pyrrole nitrogens is 1. The summed E-state index contributed by atoms with van der Waals surface area (Å²) < 4.78 is 5.48. The van der Waals surface area contributed by atoms with Gasteiger partial charge in [-0.05, 0) is 12.8 Å². The van der Waals surface area contributed by atoms with E-state index in [4.69, 9.17) is 9.84 Å². The summed E-state index contributed by atoms with van der Waals surface area (Å²) in [6.45, 7) is 2.11. The van der Waals surface area contributed by atoms with Gasteiger partial charge in [0, 0.05) is 19.2 Å². The van der Waals surface area contributed by atoms with Crippen molar-refractivity contribution in [2.24, 2.45) is 0 Å². The number of nitrogens with zero attached hydrogens (tertiary/aromatic N) is 2. The van der Waals surface area contributed by atoms with E-state index in [1.54, 1.807) is 0 Å². The highest BCUT2D eigenvalue weighted by atomic mass is 16.5. The molecule has 6 heteroatoms. The molecule has 1 aromatic heterocycles. The van der Waals surface area contributed by atoms with Crippen LogP contribution in [0, 0.1) is 0 Å². The number of aliphatic hydroxyl groups is 1. The Balaban J connectivity index is 1.88. The molecule has 0 saturated carbocycles. The highest BCUT2D eigenvalue weighted by Crippen LogP contribution is 2.17. The highest BCUT2D eigenvalue weighted by molar-refractivity contribution is 5.36. The van der Waals surface area contributed by atoms with Crippen LogP contribution in [-0.2, 0) is 4.74 Å². The van der Waals surface area contributed by atoms with Gasteiger partial charge >= 0.3 is 0 Å². The van der Waals surface area contributed by atoms with Crippen molar-refractivity contribution in [3.63, 3.8) is 0 Å². The molecule has 0 aliphatic carbocycles. The van der Waals surface area contributed by atoms with Gasteiger partial charge in [0.2, 0.25) is 0 Å². The molecule has 1 fully saturated rings. The lowest BCUT2D eigenvalue weighted by Crippen LogP contribution is -2.38. The number of anilines is 1. The predicted molar refractivity (Wildman–Crippen MR) is 63.1 cm³/mol. The van der Waals surface area contributed by atoms with E-state index in [2.05, 4.69) is 14.9 Å². The number of aliphatic hydroxyl groups excluding tert-OH is 1. The van der Waals surface area contributed by atoms with Crippen molar-refractivity contribution in [1.82, 2.24) is 9.97 Å². The van der Waals surface area contributed by atoms with E-state index in [0.717, 1.165) is 25.9 Å². The number of hydrogen-bond acceptors (Lipinski definition) is 5. The van der Waals surface area contributed by atoms with Gasteiger partial charge in [-0.2, -0.15) is 0 Å². The van der Waals surface area contributed by atoms with Gasteiger partial charge in [-0.3, -0.25) is 4.79 Å². The van der Waals surface area contributed by atoms with E-state index in [9.17, 15) is 4.79 Å². The van der Waals surface area contributed by atoms with Crippen LogP contribution in [0.4, 0.5) is 5.82 Å². The van der Waals surface area contributed by atoms with Crippen LogP contribution in [0.3, 0.4) is 0 Å². The first kappa shape index (κ1) is 12.1. The first-order valence-electron chi connectivity index (χ1n) is 5.82. The van der Waals surface area contributed by atoms with Crippen molar-refractivity contribution < 1.29 is 9.84 Å². The SMILES string of the molecule is O=c1cc(N2CCC(OCCO)CC2)nc[nH]1. The van der Waals surface area contributed by atoms with Crippen molar-refractivity contribution in [2.75, 3.05) is 31.2 Å². The molecular weight excluding hydrogens is 222 g/mol. The van der Waals surface area contributed by atoms with Crippen LogP contribution in [0.1, 0.15) is 12.8 Å². The molecule has 0 amide bonds. The Morgan fingerprint density at radius 2 is 2.29 bits per heavy atom. The molecule has 17 heavy (non-hydrogen) atoms. The number of hydrogen-bond donors (Lipinski definition) is 2. The molecule has 2 heterocycles. The van der Waals surface area contributed by atoms with Crippen molar-refractivity contribution >= 4 is 5.82 Å². The third kappa shape index (κ3) is 3.28. The Labute approximate surface area is 99.2 Å². The molecule has 2 N–H and O–H groups in total. The Hall–Kier alpha value is -1.40. The van der Waals surface area contributed by atoms with Crippen LogP contribution in [0.15, 0.2) is 17.2 Å². The molecule has 1 saturated heterocycles. The predicted octanol–water partition coefficient (Wildman–Crippen LogP) is -0.252. The first-order valence-corrected chi connectivity index (χ1v) is 5.82. The van der Waals surface area contributed by atoms with Gasteiger partial charge in [-0.25, -0.2) is 4.98 Å². The molecule has 1 aliphatic rings. The van der Waals surface area contributed by atoms with Gasteiger partial charge in [0.05, 0.1) is 25.6 Å². The molecular formula is C11H17N3O3. The monoisotopic (exact) mass is 239 g/mol. The molecule has 1 aromatic rings. The lowest BCUT2D eigenvalue weighted by atomic mass is 10.1. The quantitative estimate of drug-likeness (QED) is 0.757. The second-order valence-corrected chi connectivity index (χ2v) is 4.05. The van der Waals surface area contributed by atoms with Crippen LogP contribution in [-0.4, -0.2) is 47.5 Å². The summed E-state index contributed by atoms with van der Waals surface area (Å²) in [5.74, 6) is 0.717. The summed E-state index contributed by atoms with van der Waals surface area (Å²) in [6, 6.07) is 1.51. The zero-order valence-electron chi connectivity index (χ0n) is 9.63. The minimum atomic E-state index is -0.131. The van der Waals surface area contributed by atoms with Crippen LogP contribution in [0.5, 0.6) is 0 Å². The largest absolute Gasteiger partial charge is 0.394 e. The number of ether oxygens (including phenoxy) is 1. The maximum absolute atomic E-state index is 11.2. The smallest absolute Gasteiger partial charge is 0.252 e. The van der Waals surface area contributed by atoms with Gasteiger partial charge in [-0.1, -0.05) is 0 Å². The van der Waals surface area contributed by atoms with Gasteiger partial charge in [-0.15, -0.1) is 0 Å². The van der Waals surface area contributed by atoms with Gasteiger partial charge < -0.3 is 19.7 Å². The van der Waals surface area contributed by atoms with Gasteiger partial charge in [0.25, 0.3) is 5.56 Å². The molecule has 94 valence electrons. The summed E-state index contributed by atoms with van der Waals surface area (Å²) in [5, 5.41) is 8.67. The second-order valence-electron chi connectivity index (χ2n) is 4.05. The zero-order chi connectivity index (χ0) is 12.1. The van der Waals surface area contributed by atoms with E-state index in [-0.39, 0.29) is 18.3 Å². The summed E-state index contributed by atoms with van der Waals surface area (Å²) in [7, 11) is 0. The van der Waals surface area contributed by atoms with Gasteiger partial charge in [0.1, 0.15) is 5.82 Å². The molecule has 1 aliphatic heterocycles. The summed E-state index contributed by atoms with van der Waals surface area (Å²) in [5.41, 5.74) is -0.131. The lowest BCUT2D eigenvalue weighted by Gasteiger charge is -2.32. The van der Waals surface area contributed by atoms with E-state index in [1.807, 2.05) is 0 Å². The molecule has 0 spiro atoms. The topological polar surface area (TPSA) is 78.5 Å². The van der Waals surface area contributed by atoms with Crippen LogP contribution in [0.2, 0.25) is 0 Å². The zero-order valence-corrected chi connectivity index (χ0v) is 9.63. The summed E-state index contributed by atoms with van der Waals surface area (Å²) in [6.07, 6.45) is 3.43. The minimum absolute atomic E-state index is 0.0653. The Kier molecular flexibility index (Phi) is 4.11. The number of aromatic amines is 1. The average molecular weight is 239 g/mol. The standard InChI is InChI=1S/C11H17N3O3/c15-5-6-17-9-1-3-14(4-2-9)10-7-11(16)13-8-12-10/h7-9,15H,1-6H2,(H,12,13,16). The molecule has 0 atom stereocenters. The normalized spacial score (nSPS) is 17.4. The number of aromatic nitrogens is 2. The number of nitrogens with one attached hydrogen (secondary N) is 1. The van der Waals surface area contributed by atoms with E-state index >= 15 is 0 Å². The Morgan fingerprint density at radius 1 is 1.53 bits per heavy atom. The van der Waals surface area contributed by atoms with Crippen LogP contribution >= 0.6 is 0 Å². The first-order chi connectivity index (χ1) is 8.29. The minimum Gasteiger partial charge on any atom is -0.394 e. The maximum Gasteiger partial charge on any atom is 0.252 e. The summed E-state index contributed by atoms with van der Waals surface area (Å²) in [4.78, 5) is 19.9. The maximum atomic E-state index is 11.2. The molecule has 0 unspecified atom stereocenters. The van der Waals surface area contributed by atoms with Crippen LogP contribution < -0.4 is 10.5 Å². The molecule has 2 rings (SSSR count). The fraction of sp³-hybridized carbons (Fsp3) is 0.636. The van der Waals surface area contributed by atoms with E-state index in [0.29, 0.717) is 12.4 Å². The molecule has 6 nitrogen and oxygen atoms in total. The van der Waals surface area contributed by atoms with Crippen molar-refractivity contribution in [2.45, 2.75) is 18.9 Å². The molecule has 0 bridgehead atoms. The highest BCUT2D eigenvalue weighted by Gasteiger charge is 2.20. The van der Waals surface area contributed by atoms with Gasteiger partial charge in [0.15, 0.2) is 0 Å². The third-order valence-corrected chi connectivity index (χ3v) is 2.87. The van der Waals surface area contributed by atoms with Crippen molar-refractivity contribution in [3.8, 4) is 0 Å². The van der Waals surface area contributed by atoms with Crippen molar-refractivity contribution in [3.05, 3.63) is 22.7 Å². The average Bonchev–Trinajstić information content (AvgIpc) is 2.37. The van der Waals surface area contributed by atoms with E-state index < -0.39 is 0 Å². The summed E-state index contributed by atoms with van der Waals surface area (Å²) >= 11 is 0. The molecule has 0 aromatic carbocycles. The fourth-order valence-corrected chi connectivity index (χ4v) is 2.00. The lowest BCUT2D eigenvalue weighted by molar-refractivity contribution is 0.0158. The number of piperidine rings is 1.